The summed E-state index contributed by atoms with van der Waals surface area (Å²) in [7, 11) is 0. The first-order valence-electron chi connectivity index (χ1n) is 8.18. The molecule has 0 radical (unpaired) electrons. The molecular weight excluding hydrogens is 304 g/mol. The molecule has 1 aliphatic heterocycles. The highest BCUT2D eigenvalue weighted by Gasteiger charge is 2.38. The maximum atomic E-state index is 12.6. The van der Waals surface area contributed by atoms with E-state index in [1.54, 1.807) is 0 Å². The molecule has 1 aliphatic rings. The van der Waals surface area contributed by atoms with Crippen molar-refractivity contribution in [1.29, 1.82) is 0 Å². The fourth-order valence-corrected chi connectivity index (χ4v) is 3.24. The van der Waals surface area contributed by atoms with Crippen molar-refractivity contribution in [3.05, 3.63) is 59.5 Å². The molecule has 1 fully saturated rings. The highest BCUT2D eigenvalue weighted by molar-refractivity contribution is 5.79. The van der Waals surface area contributed by atoms with E-state index in [-0.39, 0.29) is 23.8 Å². The average molecular weight is 326 g/mol. The Morgan fingerprint density at radius 2 is 1.92 bits per heavy atom. The topological polar surface area (TPSA) is 62.6 Å². The van der Waals surface area contributed by atoms with Gasteiger partial charge in [-0.15, -0.1) is 0 Å². The molecule has 1 saturated heterocycles. The molecule has 0 aliphatic carbocycles. The number of nitrogens with zero attached hydrogens (tertiary/aromatic N) is 1. The first-order valence-corrected chi connectivity index (χ1v) is 8.18. The van der Waals surface area contributed by atoms with Gasteiger partial charge >= 0.3 is 0 Å². The van der Waals surface area contributed by atoms with Gasteiger partial charge in [-0.3, -0.25) is 9.59 Å². The number of hydrogen-bond acceptors (Lipinski definition) is 3. The molecule has 0 unspecified atom stereocenters. The van der Waals surface area contributed by atoms with E-state index >= 15 is 0 Å². The van der Waals surface area contributed by atoms with E-state index < -0.39 is 0 Å². The van der Waals surface area contributed by atoms with Crippen LogP contribution in [0.4, 0.5) is 0 Å². The van der Waals surface area contributed by atoms with Crippen LogP contribution in [0.5, 0.6) is 0 Å². The van der Waals surface area contributed by atoms with Crippen LogP contribution < -0.4 is 5.32 Å². The van der Waals surface area contributed by atoms with Crippen LogP contribution in [0.3, 0.4) is 0 Å². The maximum absolute atomic E-state index is 12.6. The smallest absolute Gasteiger partial charge is 0.227 e. The van der Waals surface area contributed by atoms with Crippen LogP contribution in [-0.2, 0) is 16.0 Å². The molecule has 0 saturated carbocycles. The maximum Gasteiger partial charge on any atom is 0.227 e. The summed E-state index contributed by atoms with van der Waals surface area (Å²) in [5.41, 5.74) is 0.996. The van der Waals surface area contributed by atoms with Crippen LogP contribution >= 0.6 is 0 Å². The number of amides is 2. The molecule has 2 atom stereocenters. The normalized spacial score (nSPS) is 20.2. The molecule has 24 heavy (non-hydrogen) atoms. The third-order valence-corrected chi connectivity index (χ3v) is 4.39. The van der Waals surface area contributed by atoms with E-state index in [0.717, 1.165) is 17.1 Å². The quantitative estimate of drug-likeness (QED) is 0.937. The van der Waals surface area contributed by atoms with Gasteiger partial charge < -0.3 is 14.6 Å². The molecule has 2 aromatic rings. The molecule has 5 heteroatoms. The zero-order chi connectivity index (χ0) is 17.1. The third kappa shape index (κ3) is 3.67. The zero-order valence-corrected chi connectivity index (χ0v) is 14.0. The first-order chi connectivity index (χ1) is 11.5. The molecule has 0 bridgehead atoms. The Bertz CT molecular complexity index is 723. The molecule has 126 valence electrons. The summed E-state index contributed by atoms with van der Waals surface area (Å²) >= 11 is 0. The second-order valence-corrected chi connectivity index (χ2v) is 6.32. The van der Waals surface area contributed by atoms with E-state index in [1.165, 1.54) is 6.92 Å². The number of carbonyl (C=O) groups excluding carboxylic acids is 2. The van der Waals surface area contributed by atoms with Crippen molar-refractivity contribution in [3.8, 4) is 0 Å². The summed E-state index contributed by atoms with van der Waals surface area (Å²) in [6.45, 7) is 4.46. The minimum absolute atomic E-state index is 0.0117. The number of rotatable bonds is 4. The van der Waals surface area contributed by atoms with Crippen molar-refractivity contribution in [2.24, 2.45) is 0 Å². The fourth-order valence-electron chi connectivity index (χ4n) is 3.24. The first kappa shape index (κ1) is 16.3. The van der Waals surface area contributed by atoms with Crippen LogP contribution in [0.1, 0.15) is 29.9 Å². The van der Waals surface area contributed by atoms with Crippen molar-refractivity contribution in [1.82, 2.24) is 10.2 Å². The van der Waals surface area contributed by atoms with Gasteiger partial charge in [0, 0.05) is 20.0 Å². The summed E-state index contributed by atoms with van der Waals surface area (Å²) < 4.78 is 5.74. The van der Waals surface area contributed by atoms with Crippen LogP contribution in [0.2, 0.25) is 0 Å². The van der Waals surface area contributed by atoms with Gasteiger partial charge in [0.2, 0.25) is 11.8 Å². The minimum atomic E-state index is -0.118. The molecule has 1 aromatic carbocycles. The Kier molecular flexibility index (Phi) is 4.69. The zero-order valence-electron chi connectivity index (χ0n) is 14.0. The van der Waals surface area contributed by atoms with Crippen molar-refractivity contribution >= 4 is 11.8 Å². The molecule has 3 rings (SSSR count). The Morgan fingerprint density at radius 3 is 2.54 bits per heavy atom. The minimum Gasteiger partial charge on any atom is -0.466 e. The van der Waals surface area contributed by atoms with Gasteiger partial charge in [0.15, 0.2) is 0 Å². The number of likely N-dealkylation sites (tertiary alicyclic amines) is 1. The highest BCUT2D eigenvalue weighted by Crippen LogP contribution is 2.29. The lowest BCUT2D eigenvalue weighted by atomic mass is 10.0. The van der Waals surface area contributed by atoms with Gasteiger partial charge in [0.1, 0.15) is 11.5 Å². The van der Waals surface area contributed by atoms with E-state index in [9.17, 15) is 9.59 Å². The predicted molar refractivity (Wildman–Crippen MR) is 90.5 cm³/mol. The second kappa shape index (κ2) is 6.91. The third-order valence-electron chi connectivity index (χ3n) is 4.39. The van der Waals surface area contributed by atoms with Crippen molar-refractivity contribution in [2.75, 3.05) is 13.1 Å². The molecule has 1 aromatic heterocycles. The monoisotopic (exact) mass is 326 g/mol. The second-order valence-electron chi connectivity index (χ2n) is 6.32. The van der Waals surface area contributed by atoms with Crippen LogP contribution in [0.15, 0.2) is 46.9 Å². The van der Waals surface area contributed by atoms with E-state index in [2.05, 4.69) is 5.32 Å². The lowest BCUT2D eigenvalue weighted by molar-refractivity contribution is -0.129. The molecule has 2 amide bonds. The number of nitrogens with one attached hydrogen (secondary N) is 1. The highest BCUT2D eigenvalue weighted by atomic mass is 16.3. The standard InChI is InChI=1S/C19H22N2O3/c1-13-8-9-18(24-13)16-11-21(12-17(16)20-14(2)22)19(23)10-15-6-4-3-5-7-15/h3-9,16-17H,10-12H2,1-2H3,(H,20,22)/t16-,17-/m1/s1. The lowest BCUT2D eigenvalue weighted by Crippen LogP contribution is -2.39. The number of furan rings is 1. The van der Waals surface area contributed by atoms with Crippen molar-refractivity contribution in [3.63, 3.8) is 0 Å². The van der Waals surface area contributed by atoms with Gasteiger partial charge in [0.25, 0.3) is 0 Å². The van der Waals surface area contributed by atoms with E-state index in [4.69, 9.17) is 4.42 Å². The predicted octanol–water partition coefficient (Wildman–Crippen LogP) is 2.26. The number of benzene rings is 1. The van der Waals surface area contributed by atoms with Crippen LogP contribution in [-0.4, -0.2) is 35.8 Å². The van der Waals surface area contributed by atoms with Gasteiger partial charge in [0.05, 0.1) is 18.4 Å². The summed E-state index contributed by atoms with van der Waals surface area (Å²) in [5.74, 6) is 1.62. The largest absolute Gasteiger partial charge is 0.466 e. The summed E-state index contributed by atoms with van der Waals surface area (Å²) in [4.78, 5) is 25.9. The summed E-state index contributed by atoms with van der Waals surface area (Å²) in [5, 5.41) is 2.96. The van der Waals surface area contributed by atoms with E-state index in [0.29, 0.717) is 19.5 Å². The number of hydrogen-bond donors (Lipinski definition) is 1. The van der Waals surface area contributed by atoms with E-state index in [1.807, 2.05) is 54.3 Å². The van der Waals surface area contributed by atoms with Gasteiger partial charge in [-0.1, -0.05) is 30.3 Å². The summed E-state index contributed by atoms with van der Waals surface area (Å²) in [6, 6.07) is 13.4. The Morgan fingerprint density at radius 1 is 1.17 bits per heavy atom. The van der Waals surface area contributed by atoms with Crippen molar-refractivity contribution < 1.29 is 14.0 Å². The Hall–Kier alpha value is -2.56. The Labute approximate surface area is 141 Å². The van der Waals surface area contributed by atoms with Gasteiger partial charge in [-0.25, -0.2) is 0 Å². The SMILES string of the molecule is CC(=O)N[C@@H]1CN(C(=O)Cc2ccccc2)C[C@H]1c1ccc(C)o1. The summed E-state index contributed by atoms with van der Waals surface area (Å²) in [6.07, 6.45) is 0.373. The Balaban J connectivity index is 1.73. The molecular formula is C19H22N2O3. The lowest BCUT2D eigenvalue weighted by Gasteiger charge is -2.17. The fraction of sp³-hybridized carbons (Fsp3) is 0.368. The van der Waals surface area contributed by atoms with Crippen molar-refractivity contribution in [2.45, 2.75) is 32.2 Å². The van der Waals surface area contributed by atoms with Crippen LogP contribution in [0, 0.1) is 6.92 Å². The molecule has 0 spiro atoms. The molecule has 2 heterocycles. The molecule has 5 nitrogen and oxygen atoms in total. The van der Waals surface area contributed by atoms with Crippen LogP contribution in [0.25, 0.3) is 0 Å². The number of aryl methyl sites for hydroxylation is 1. The van der Waals surface area contributed by atoms with Gasteiger partial charge in [-0.05, 0) is 24.6 Å². The van der Waals surface area contributed by atoms with Gasteiger partial charge in [-0.2, -0.15) is 0 Å². The molecule has 1 N–H and O–H groups in total. The number of carbonyl (C=O) groups is 2. The average Bonchev–Trinajstić information content (AvgIpc) is 3.14.